The highest BCUT2D eigenvalue weighted by atomic mass is 16.7. The molecule has 13 nitrogen and oxygen atoms in total. The monoisotopic (exact) mass is 702 g/mol. The van der Waals surface area contributed by atoms with Crippen molar-refractivity contribution >= 4 is 30.0 Å². The van der Waals surface area contributed by atoms with Crippen molar-refractivity contribution < 1.29 is 61.9 Å². The van der Waals surface area contributed by atoms with Crippen LogP contribution < -0.4 is 14.2 Å². The summed E-state index contributed by atoms with van der Waals surface area (Å²) in [5.41, 5.74) is 0.703. The Hall–Kier alpha value is -5.53. The van der Waals surface area contributed by atoms with Gasteiger partial charge in [-0.2, -0.15) is 0 Å². The fourth-order valence-corrected chi connectivity index (χ4v) is 5.34. The molecule has 2 fully saturated rings. The number of hydrogen-bond donors (Lipinski definition) is 0. The summed E-state index contributed by atoms with van der Waals surface area (Å²) in [7, 11) is 0. The van der Waals surface area contributed by atoms with Crippen LogP contribution >= 0.6 is 0 Å². The minimum atomic E-state index is -0.872. The first-order valence-corrected chi connectivity index (χ1v) is 16.5. The van der Waals surface area contributed by atoms with Crippen LogP contribution in [-0.2, 0) is 28.5 Å². The van der Waals surface area contributed by atoms with Crippen LogP contribution in [0.2, 0.25) is 0 Å². The number of benzene rings is 3. The Bertz CT molecular complexity index is 1680. The number of esters is 4. The molecule has 0 bridgehead atoms. The molecule has 268 valence electrons. The first-order chi connectivity index (χ1) is 24.7. The van der Waals surface area contributed by atoms with E-state index in [0.29, 0.717) is 31.6 Å². The van der Waals surface area contributed by atoms with Gasteiger partial charge in [-0.15, -0.1) is 0 Å². The number of hydrogen-bond acceptors (Lipinski definition) is 13. The quantitative estimate of drug-likeness (QED) is 0.0461. The van der Waals surface area contributed by atoms with Gasteiger partial charge in [0.05, 0.1) is 49.2 Å². The second kappa shape index (κ2) is 17.9. The molecule has 0 aromatic heterocycles. The average Bonchev–Trinajstić information content (AvgIpc) is 3.72. The van der Waals surface area contributed by atoms with Gasteiger partial charge in [-0.25, -0.2) is 24.0 Å². The van der Waals surface area contributed by atoms with E-state index in [0.717, 1.165) is 18.9 Å². The lowest BCUT2D eigenvalue weighted by Crippen LogP contribution is -2.32. The number of fused-ring (bicyclic) bond motifs is 1. The molecule has 2 saturated heterocycles. The third-order valence-corrected chi connectivity index (χ3v) is 8.08. The molecule has 2 heterocycles. The van der Waals surface area contributed by atoms with Crippen molar-refractivity contribution in [2.45, 2.75) is 50.9 Å². The van der Waals surface area contributed by atoms with Gasteiger partial charge in [-0.05, 0) is 98.5 Å². The third kappa shape index (κ3) is 10.5. The SMILES string of the molecule is C=CC(=O)OCCCCCCOC(=O)Oc1ccc(C(=O)Oc2ccc(C(=O)Oc3ccc(C(=O)O[C@H]4COC5C4OC[C@@H]5C)cc3)cc2)cc1. The van der Waals surface area contributed by atoms with E-state index < -0.39 is 36.1 Å². The Morgan fingerprint density at radius 1 is 0.627 bits per heavy atom. The molecule has 2 aliphatic rings. The Balaban J connectivity index is 1.00. The minimum Gasteiger partial charge on any atom is -0.463 e. The van der Waals surface area contributed by atoms with Gasteiger partial charge in [-0.1, -0.05) is 13.5 Å². The molecule has 0 N–H and O–H groups in total. The minimum absolute atomic E-state index is 0.0758. The predicted octanol–water partition coefficient (Wildman–Crippen LogP) is 5.89. The molecule has 5 rings (SSSR count). The summed E-state index contributed by atoms with van der Waals surface area (Å²) < 4.78 is 42.9. The maximum Gasteiger partial charge on any atom is 0.513 e. The van der Waals surface area contributed by atoms with Gasteiger partial charge in [0.15, 0.2) is 6.10 Å². The van der Waals surface area contributed by atoms with Crippen molar-refractivity contribution in [2.24, 2.45) is 5.92 Å². The Morgan fingerprint density at radius 3 is 1.63 bits per heavy atom. The van der Waals surface area contributed by atoms with Crippen molar-refractivity contribution in [1.82, 2.24) is 0 Å². The lowest BCUT2D eigenvalue weighted by Gasteiger charge is -2.16. The van der Waals surface area contributed by atoms with Gasteiger partial charge in [0.2, 0.25) is 0 Å². The normalized spacial score (nSPS) is 18.9. The number of rotatable bonds is 15. The van der Waals surface area contributed by atoms with Gasteiger partial charge in [0.1, 0.15) is 23.4 Å². The summed E-state index contributed by atoms with van der Waals surface area (Å²) in [5.74, 6) is -1.45. The largest absolute Gasteiger partial charge is 0.513 e. The fraction of sp³-hybridized carbons (Fsp3) is 0.342. The standard InChI is InChI=1S/C38H38O13/c1-3-32(39)44-20-6-4-5-7-21-45-38(43)50-30-18-12-26(13-19-30)36(41)48-28-14-8-25(9-15-28)35(40)49-29-16-10-27(11-17-29)37(42)51-31-23-47-33-24(2)22-46-34(31)33/h3,8-19,24,31,33-34H,1,4-7,20-23H2,2H3/t24-,31-,33?,34?/m0/s1. The van der Waals surface area contributed by atoms with Crippen molar-refractivity contribution in [1.29, 1.82) is 0 Å². The van der Waals surface area contributed by atoms with E-state index in [9.17, 15) is 24.0 Å². The Labute approximate surface area is 294 Å². The molecule has 0 saturated carbocycles. The molecule has 0 amide bonds. The summed E-state index contributed by atoms with van der Waals surface area (Å²) in [6.45, 7) is 6.69. The van der Waals surface area contributed by atoms with Crippen molar-refractivity contribution in [3.63, 3.8) is 0 Å². The summed E-state index contributed by atoms with van der Waals surface area (Å²) in [5, 5.41) is 0. The fourth-order valence-electron chi connectivity index (χ4n) is 5.34. The second-order valence-electron chi connectivity index (χ2n) is 11.9. The Kier molecular flexibility index (Phi) is 12.9. The predicted molar refractivity (Wildman–Crippen MR) is 179 cm³/mol. The maximum absolute atomic E-state index is 12.7. The summed E-state index contributed by atoms with van der Waals surface area (Å²) in [4.78, 5) is 60.9. The number of ether oxygens (including phenoxy) is 8. The van der Waals surface area contributed by atoms with Gasteiger partial charge in [0.25, 0.3) is 0 Å². The molecule has 13 heteroatoms. The number of carbonyl (C=O) groups is 5. The van der Waals surface area contributed by atoms with E-state index >= 15 is 0 Å². The van der Waals surface area contributed by atoms with Crippen LogP contribution in [0, 0.1) is 5.92 Å². The molecule has 0 aliphatic carbocycles. The van der Waals surface area contributed by atoms with Crippen LogP contribution in [0.5, 0.6) is 17.2 Å². The van der Waals surface area contributed by atoms with E-state index in [2.05, 4.69) is 6.58 Å². The van der Waals surface area contributed by atoms with Gasteiger partial charge in [-0.3, -0.25) is 0 Å². The van der Waals surface area contributed by atoms with Crippen molar-refractivity contribution in [2.75, 3.05) is 26.4 Å². The lowest BCUT2D eigenvalue weighted by atomic mass is 10.0. The van der Waals surface area contributed by atoms with Crippen LogP contribution in [0.3, 0.4) is 0 Å². The maximum atomic E-state index is 12.7. The second-order valence-corrected chi connectivity index (χ2v) is 11.9. The van der Waals surface area contributed by atoms with Crippen molar-refractivity contribution in [3.8, 4) is 17.2 Å². The molecular formula is C38H38O13. The summed E-state index contributed by atoms with van der Waals surface area (Å²) >= 11 is 0. The lowest BCUT2D eigenvalue weighted by molar-refractivity contribution is -0.137. The van der Waals surface area contributed by atoms with Crippen LogP contribution in [-0.4, -0.2) is 74.8 Å². The zero-order valence-electron chi connectivity index (χ0n) is 28.0. The molecule has 3 aromatic rings. The van der Waals surface area contributed by atoms with Crippen LogP contribution in [0.4, 0.5) is 4.79 Å². The molecule has 2 unspecified atom stereocenters. The first-order valence-electron chi connectivity index (χ1n) is 16.5. The molecule has 0 spiro atoms. The van der Waals surface area contributed by atoms with Crippen LogP contribution in [0.1, 0.15) is 63.7 Å². The number of carbonyl (C=O) groups excluding carboxylic acids is 5. The summed E-state index contributed by atoms with van der Waals surface area (Å²) in [6, 6.07) is 17.5. The van der Waals surface area contributed by atoms with Crippen LogP contribution in [0.25, 0.3) is 0 Å². The smallest absolute Gasteiger partial charge is 0.463 e. The Morgan fingerprint density at radius 2 is 1.10 bits per heavy atom. The van der Waals surface area contributed by atoms with E-state index in [1.807, 2.05) is 6.92 Å². The molecule has 3 aromatic carbocycles. The van der Waals surface area contributed by atoms with Crippen LogP contribution in [0.15, 0.2) is 85.5 Å². The van der Waals surface area contributed by atoms with E-state index in [1.54, 1.807) is 0 Å². The molecule has 51 heavy (non-hydrogen) atoms. The van der Waals surface area contributed by atoms with Gasteiger partial charge < -0.3 is 37.9 Å². The third-order valence-electron chi connectivity index (χ3n) is 8.08. The molecule has 2 aliphatic heterocycles. The highest BCUT2D eigenvalue weighted by Gasteiger charge is 2.47. The highest BCUT2D eigenvalue weighted by molar-refractivity contribution is 5.93. The van der Waals surface area contributed by atoms with Crippen molar-refractivity contribution in [3.05, 3.63) is 102 Å². The molecule has 0 radical (unpaired) electrons. The van der Waals surface area contributed by atoms with Gasteiger partial charge in [0, 0.05) is 12.0 Å². The zero-order chi connectivity index (χ0) is 36.2. The molecular weight excluding hydrogens is 664 g/mol. The van der Waals surface area contributed by atoms with E-state index in [1.165, 1.54) is 72.8 Å². The zero-order valence-corrected chi connectivity index (χ0v) is 28.0. The topological polar surface area (TPSA) is 159 Å². The summed E-state index contributed by atoms with van der Waals surface area (Å²) in [6.07, 6.45) is 2.33. The van der Waals surface area contributed by atoms with E-state index in [4.69, 9.17) is 37.9 Å². The number of unbranched alkanes of at least 4 members (excludes halogenated alkanes) is 3. The highest BCUT2D eigenvalue weighted by Crippen LogP contribution is 2.32. The van der Waals surface area contributed by atoms with Gasteiger partial charge >= 0.3 is 30.0 Å². The molecule has 4 atom stereocenters. The first kappa shape index (κ1) is 36.7. The van der Waals surface area contributed by atoms with E-state index in [-0.39, 0.29) is 59.7 Å². The average molecular weight is 703 g/mol.